The number of hydrogen-bond donors (Lipinski definition) is 0. The summed E-state index contributed by atoms with van der Waals surface area (Å²) in [5, 5.41) is 12.5. The Bertz CT molecular complexity index is 1230. The highest BCUT2D eigenvalue weighted by molar-refractivity contribution is 9.10. The number of nitrogens with zero attached hydrogens (tertiary/aromatic N) is 4. The molecule has 0 saturated carbocycles. The lowest BCUT2D eigenvalue weighted by Gasteiger charge is -2.40. The van der Waals surface area contributed by atoms with Crippen molar-refractivity contribution in [1.82, 2.24) is 14.8 Å². The Morgan fingerprint density at radius 3 is 2.53 bits per heavy atom. The van der Waals surface area contributed by atoms with Crippen molar-refractivity contribution in [3.05, 3.63) is 96.6 Å². The minimum atomic E-state index is -0.0933. The monoisotopic (exact) mass is 560 g/mol. The number of benzene rings is 1. The minimum Gasteiger partial charge on any atom is -0.619 e. The zero-order chi connectivity index (χ0) is 23.8. The van der Waals surface area contributed by atoms with Crippen molar-refractivity contribution in [3.63, 3.8) is 0 Å². The molecule has 1 fully saturated rings. The van der Waals surface area contributed by atoms with E-state index in [-0.39, 0.29) is 18.4 Å². The number of fused-ring (bicyclic) bond motifs is 2. The van der Waals surface area contributed by atoms with Gasteiger partial charge in [-0.2, -0.15) is 4.73 Å². The molecule has 1 atom stereocenters. The first-order valence-corrected chi connectivity index (χ1v) is 12.8. The molecule has 6 nitrogen and oxygen atoms in total. The van der Waals surface area contributed by atoms with E-state index in [1.54, 1.807) is 12.1 Å². The van der Waals surface area contributed by atoms with E-state index in [0.717, 1.165) is 44.4 Å². The smallest absolute Gasteiger partial charge is 0.227 e. The maximum absolute atomic E-state index is 12.9. The van der Waals surface area contributed by atoms with Crippen LogP contribution in [0.15, 0.2) is 53.4 Å². The predicted octanol–water partition coefficient (Wildman–Crippen LogP) is 4.36. The Kier molecular flexibility index (Phi) is 6.80. The SMILES string of the molecule is O=C(Cc1cc[n+]([O-])cc1)N1CCN([C@H]2c3ncc(Br)cc3CCc3cc(Cl)cc(Cl)c32)CC1. The van der Waals surface area contributed by atoms with Crippen molar-refractivity contribution in [2.24, 2.45) is 0 Å². The van der Waals surface area contributed by atoms with Gasteiger partial charge in [-0.1, -0.05) is 23.2 Å². The Morgan fingerprint density at radius 2 is 1.79 bits per heavy atom. The molecule has 0 N–H and O–H groups in total. The molecule has 1 amide bonds. The van der Waals surface area contributed by atoms with Gasteiger partial charge < -0.3 is 10.1 Å². The maximum atomic E-state index is 12.9. The molecule has 3 aromatic rings. The topological polar surface area (TPSA) is 63.4 Å². The number of carbonyl (C=O) groups is 1. The average molecular weight is 562 g/mol. The lowest BCUT2D eigenvalue weighted by atomic mass is 9.96. The fraction of sp³-hybridized carbons (Fsp3) is 0.320. The third-order valence-electron chi connectivity index (χ3n) is 6.60. The summed E-state index contributed by atoms with van der Waals surface area (Å²) >= 11 is 16.7. The molecule has 0 bridgehead atoms. The number of hydrogen-bond acceptors (Lipinski definition) is 4. The summed E-state index contributed by atoms with van der Waals surface area (Å²) < 4.78 is 1.68. The molecule has 1 aromatic carbocycles. The minimum absolute atomic E-state index is 0.0665. The molecule has 1 aliphatic heterocycles. The van der Waals surface area contributed by atoms with Gasteiger partial charge >= 0.3 is 0 Å². The highest BCUT2D eigenvalue weighted by Crippen LogP contribution is 2.41. The van der Waals surface area contributed by atoms with Crippen molar-refractivity contribution in [3.8, 4) is 0 Å². The van der Waals surface area contributed by atoms with Crippen LogP contribution in [0, 0.1) is 5.21 Å². The van der Waals surface area contributed by atoms with Gasteiger partial charge in [0, 0.05) is 59.0 Å². The van der Waals surface area contributed by atoms with Crippen molar-refractivity contribution in [2.45, 2.75) is 25.3 Å². The lowest BCUT2D eigenvalue weighted by Crippen LogP contribution is -2.50. The summed E-state index contributed by atoms with van der Waals surface area (Å²) in [7, 11) is 0. The van der Waals surface area contributed by atoms with E-state index in [2.05, 4.69) is 26.9 Å². The van der Waals surface area contributed by atoms with Crippen LogP contribution in [0.4, 0.5) is 0 Å². The van der Waals surface area contributed by atoms with Crippen LogP contribution in [-0.2, 0) is 24.1 Å². The highest BCUT2D eigenvalue weighted by Gasteiger charge is 2.34. The first-order chi connectivity index (χ1) is 16.4. The zero-order valence-electron chi connectivity index (χ0n) is 18.4. The molecule has 5 rings (SSSR count). The number of amides is 1. The first-order valence-electron chi connectivity index (χ1n) is 11.2. The third-order valence-corrected chi connectivity index (χ3v) is 7.57. The van der Waals surface area contributed by atoms with Gasteiger partial charge in [-0.15, -0.1) is 0 Å². The molecule has 34 heavy (non-hydrogen) atoms. The molecule has 9 heteroatoms. The lowest BCUT2D eigenvalue weighted by molar-refractivity contribution is -0.605. The molecule has 2 aliphatic rings. The second-order valence-corrected chi connectivity index (χ2v) is 10.5. The third kappa shape index (κ3) is 4.80. The van der Waals surface area contributed by atoms with Crippen LogP contribution in [0.5, 0.6) is 0 Å². The van der Waals surface area contributed by atoms with Crippen molar-refractivity contribution < 1.29 is 9.52 Å². The highest BCUT2D eigenvalue weighted by atomic mass is 79.9. The summed E-state index contributed by atoms with van der Waals surface area (Å²) in [5.41, 5.74) is 5.26. The summed E-state index contributed by atoms with van der Waals surface area (Å²) in [5.74, 6) is 0.0665. The number of pyridine rings is 2. The Labute approximate surface area is 216 Å². The van der Waals surface area contributed by atoms with Crippen LogP contribution in [0.1, 0.15) is 34.0 Å². The van der Waals surface area contributed by atoms with Gasteiger partial charge in [-0.25, -0.2) is 0 Å². The van der Waals surface area contributed by atoms with Crippen molar-refractivity contribution in [1.29, 1.82) is 0 Å². The van der Waals surface area contributed by atoms with E-state index in [9.17, 15) is 10.0 Å². The molecular weight excluding hydrogens is 539 g/mol. The van der Waals surface area contributed by atoms with Crippen LogP contribution in [-0.4, -0.2) is 46.9 Å². The summed E-state index contributed by atoms with van der Waals surface area (Å²) in [6.45, 7) is 2.66. The Morgan fingerprint density at radius 1 is 1.09 bits per heavy atom. The summed E-state index contributed by atoms with van der Waals surface area (Å²) in [6, 6.07) is 9.26. The largest absolute Gasteiger partial charge is 0.619 e. The van der Waals surface area contributed by atoms with E-state index < -0.39 is 0 Å². The van der Waals surface area contributed by atoms with Gasteiger partial charge in [-0.3, -0.25) is 14.7 Å². The molecule has 3 heterocycles. The van der Waals surface area contributed by atoms with Gasteiger partial charge in [0.05, 0.1) is 18.2 Å². The average Bonchev–Trinajstić information content (AvgIpc) is 2.97. The second kappa shape index (κ2) is 9.82. The number of halogens is 3. The van der Waals surface area contributed by atoms with E-state index in [0.29, 0.717) is 36.2 Å². The summed E-state index contributed by atoms with van der Waals surface area (Å²) in [4.78, 5) is 22.0. The van der Waals surface area contributed by atoms with Gasteiger partial charge in [0.15, 0.2) is 12.4 Å². The molecule has 2 aromatic heterocycles. The molecule has 1 aliphatic carbocycles. The van der Waals surface area contributed by atoms with Gasteiger partial charge in [-0.05, 0) is 69.2 Å². The summed E-state index contributed by atoms with van der Waals surface area (Å²) in [6.07, 6.45) is 6.67. The number of aryl methyl sites for hydroxylation is 2. The molecule has 1 saturated heterocycles. The molecule has 176 valence electrons. The van der Waals surface area contributed by atoms with E-state index in [1.807, 2.05) is 23.2 Å². The Balaban J connectivity index is 1.40. The quantitative estimate of drug-likeness (QED) is 0.352. The van der Waals surface area contributed by atoms with Crippen LogP contribution in [0.2, 0.25) is 10.0 Å². The van der Waals surface area contributed by atoms with Crippen LogP contribution < -0.4 is 4.73 Å². The van der Waals surface area contributed by atoms with Crippen LogP contribution in [0.25, 0.3) is 0 Å². The first kappa shape index (κ1) is 23.5. The van der Waals surface area contributed by atoms with Gasteiger partial charge in [0.25, 0.3) is 0 Å². The van der Waals surface area contributed by atoms with Crippen molar-refractivity contribution in [2.75, 3.05) is 26.2 Å². The predicted molar refractivity (Wildman–Crippen MR) is 135 cm³/mol. The number of carbonyl (C=O) groups excluding carboxylic acids is 1. The zero-order valence-corrected chi connectivity index (χ0v) is 21.5. The fourth-order valence-electron chi connectivity index (χ4n) is 4.93. The molecule has 0 radical (unpaired) electrons. The number of rotatable bonds is 3. The van der Waals surface area contributed by atoms with E-state index >= 15 is 0 Å². The standard InChI is InChI=1S/C25H23BrCl2N4O2/c26-19-12-18-2-1-17-13-20(27)14-21(28)23(17)25(24(18)29-15-19)31-9-7-30(8-10-31)22(33)11-16-3-5-32(34)6-4-16/h3-6,12-15,25H,1-2,7-11H2/t25-/m1/s1. The van der Waals surface area contributed by atoms with Crippen molar-refractivity contribution >= 4 is 45.0 Å². The molecule has 0 spiro atoms. The number of aromatic nitrogens is 2. The van der Waals surface area contributed by atoms with Gasteiger partial charge in [0.1, 0.15) is 0 Å². The molecular formula is C25H23BrCl2N4O2. The Hall–Kier alpha value is -2.19. The fourth-order valence-corrected chi connectivity index (χ4v) is 5.95. The second-order valence-electron chi connectivity index (χ2n) is 8.72. The van der Waals surface area contributed by atoms with E-state index in [4.69, 9.17) is 28.2 Å². The van der Waals surface area contributed by atoms with Crippen LogP contribution >= 0.6 is 39.1 Å². The van der Waals surface area contributed by atoms with Gasteiger partial charge in [0.2, 0.25) is 5.91 Å². The normalized spacial score (nSPS) is 18.2. The maximum Gasteiger partial charge on any atom is 0.227 e. The van der Waals surface area contributed by atoms with E-state index in [1.165, 1.54) is 18.0 Å². The number of piperazine rings is 1. The molecule has 0 unspecified atom stereocenters. The van der Waals surface area contributed by atoms with Crippen LogP contribution in [0.3, 0.4) is 0 Å².